The largest absolute Gasteiger partial charge is 0.507 e. The Bertz CT molecular complexity index is 409. The van der Waals surface area contributed by atoms with Gasteiger partial charge in [-0.1, -0.05) is 6.07 Å². The molecule has 0 aliphatic heterocycles. The van der Waals surface area contributed by atoms with Gasteiger partial charge in [-0.25, -0.2) is 0 Å². The van der Waals surface area contributed by atoms with Gasteiger partial charge in [0.1, 0.15) is 17.1 Å². The van der Waals surface area contributed by atoms with Gasteiger partial charge in [0.25, 0.3) is 0 Å². The Kier molecular flexibility index (Phi) is 3.47. The molecule has 0 saturated heterocycles. The molecule has 0 amide bonds. The molecule has 6 nitrogen and oxygen atoms in total. The molecule has 0 aliphatic carbocycles. The van der Waals surface area contributed by atoms with Crippen molar-refractivity contribution in [3.63, 3.8) is 0 Å². The number of ketones is 1. The smallest absolute Gasteiger partial charge is 0.305 e. The van der Waals surface area contributed by atoms with Gasteiger partial charge in [0.05, 0.1) is 12.5 Å². The minimum Gasteiger partial charge on any atom is -0.507 e. The fourth-order valence-corrected chi connectivity index (χ4v) is 1.25. The summed E-state index contributed by atoms with van der Waals surface area (Å²) in [4.78, 5) is 22.0. The zero-order valence-corrected chi connectivity index (χ0v) is 8.25. The monoisotopic (exact) mass is 225 g/mol. The Morgan fingerprint density at radius 2 is 1.75 bits per heavy atom. The molecule has 1 aromatic carbocycles. The molecule has 0 heterocycles. The van der Waals surface area contributed by atoms with Gasteiger partial charge in [0.2, 0.25) is 0 Å². The molecule has 5 N–H and O–H groups in total. The van der Waals surface area contributed by atoms with Gasteiger partial charge in [-0.2, -0.15) is 0 Å². The number of carbonyl (C=O) groups excluding carboxylic acids is 1. The molecule has 0 saturated carbocycles. The second-order valence-corrected chi connectivity index (χ2v) is 3.24. The number of aliphatic carboxylic acids is 1. The Balaban J connectivity index is 3.00. The lowest BCUT2D eigenvalue weighted by Gasteiger charge is -2.10. The summed E-state index contributed by atoms with van der Waals surface area (Å²) in [6.45, 7) is 0. The third kappa shape index (κ3) is 2.48. The first-order chi connectivity index (χ1) is 7.43. The predicted molar refractivity (Wildman–Crippen MR) is 54.3 cm³/mol. The molecule has 1 aromatic rings. The molecule has 1 rings (SSSR count). The number of aromatic hydroxyl groups is 2. The number of Topliss-reactive ketones (excluding diaryl/α,β-unsaturated/α-hetero) is 1. The lowest BCUT2D eigenvalue weighted by Crippen LogP contribution is -2.33. The number of hydrogen-bond donors (Lipinski definition) is 4. The minimum atomic E-state index is -1.29. The van der Waals surface area contributed by atoms with Crippen molar-refractivity contribution >= 4 is 11.8 Å². The zero-order chi connectivity index (χ0) is 12.3. The summed E-state index contributed by atoms with van der Waals surface area (Å²) in [5.74, 6) is -2.88. The molecule has 6 heteroatoms. The van der Waals surface area contributed by atoms with Gasteiger partial charge >= 0.3 is 5.97 Å². The van der Waals surface area contributed by atoms with Crippen LogP contribution in [-0.4, -0.2) is 33.1 Å². The van der Waals surface area contributed by atoms with E-state index in [0.717, 1.165) is 0 Å². The Morgan fingerprint density at radius 1 is 1.25 bits per heavy atom. The Hall–Kier alpha value is -2.08. The van der Waals surface area contributed by atoms with Crippen LogP contribution in [0.25, 0.3) is 0 Å². The average Bonchev–Trinajstić information content (AvgIpc) is 2.16. The van der Waals surface area contributed by atoms with Crippen LogP contribution in [0.5, 0.6) is 11.5 Å². The highest BCUT2D eigenvalue weighted by atomic mass is 16.4. The van der Waals surface area contributed by atoms with Crippen LogP contribution in [0.4, 0.5) is 0 Å². The molecular formula is C10H11NO5. The fourth-order valence-electron chi connectivity index (χ4n) is 1.25. The van der Waals surface area contributed by atoms with Crippen LogP contribution >= 0.6 is 0 Å². The van der Waals surface area contributed by atoms with Crippen molar-refractivity contribution in [3.05, 3.63) is 23.8 Å². The van der Waals surface area contributed by atoms with Crippen molar-refractivity contribution in [2.24, 2.45) is 5.73 Å². The number of hydrogen-bond acceptors (Lipinski definition) is 5. The van der Waals surface area contributed by atoms with Crippen molar-refractivity contribution in [2.45, 2.75) is 12.5 Å². The SMILES string of the molecule is NC(CC(=O)O)C(=O)c1c(O)cccc1O. The van der Waals surface area contributed by atoms with E-state index in [0.29, 0.717) is 0 Å². The van der Waals surface area contributed by atoms with Gasteiger partial charge in [-0.3, -0.25) is 9.59 Å². The number of rotatable bonds is 4. The molecule has 0 radical (unpaired) electrons. The topological polar surface area (TPSA) is 121 Å². The Labute approximate surface area is 90.9 Å². The summed E-state index contributed by atoms with van der Waals surface area (Å²) in [5.41, 5.74) is 4.98. The van der Waals surface area contributed by atoms with Crippen LogP contribution in [0.3, 0.4) is 0 Å². The van der Waals surface area contributed by atoms with Crippen molar-refractivity contribution in [3.8, 4) is 11.5 Å². The molecule has 0 aliphatic rings. The predicted octanol–water partition coefficient (Wildman–Crippen LogP) is 0.0825. The summed E-state index contributed by atoms with van der Waals surface area (Å²) in [6.07, 6.45) is -0.563. The highest BCUT2D eigenvalue weighted by molar-refractivity contribution is 6.05. The van der Waals surface area contributed by atoms with E-state index >= 15 is 0 Å². The number of phenolic OH excluding ortho intramolecular Hbond substituents is 2. The molecule has 1 atom stereocenters. The van der Waals surface area contributed by atoms with Crippen molar-refractivity contribution in [1.29, 1.82) is 0 Å². The van der Waals surface area contributed by atoms with Gasteiger partial charge in [-0.15, -0.1) is 0 Å². The Morgan fingerprint density at radius 3 is 2.19 bits per heavy atom. The summed E-state index contributed by atoms with van der Waals surface area (Å²) >= 11 is 0. The van der Waals surface area contributed by atoms with E-state index in [1.807, 2.05) is 0 Å². The molecule has 0 spiro atoms. The van der Waals surface area contributed by atoms with E-state index in [4.69, 9.17) is 10.8 Å². The van der Waals surface area contributed by atoms with E-state index in [1.165, 1.54) is 18.2 Å². The van der Waals surface area contributed by atoms with E-state index in [9.17, 15) is 19.8 Å². The summed E-state index contributed by atoms with van der Waals surface area (Å²) < 4.78 is 0. The summed E-state index contributed by atoms with van der Waals surface area (Å²) in [7, 11) is 0. The molecular weight excluding hydrogens is 214 g/mol. The van der Waals surface area contributed by atoms with Gasteiger partial charge < -0.3 is 21.1 Å². The highest BCUT2D eigenvalue weighted by Crippen LogP contribution is 2.27. The first kappa shape index (κ1) is 12.0. The lowest BCUT2D eigenvalue weighted by atomic mass is 10.0. The third-order valence-corrected chi connectivity index (χ3v) is 2.00. The van der Waals surface area contributed by atoms with Crippen LogP contribution < -0.4 is 5.73 Å². The molecule has 0 aromatic heterocycles. The van der Waals surface area contributed by atoms with E-state index in [-0.39, 0.29) is 5.56 Å². The second-order valence-electron chi connectivity index (χ2n) is 3.24. The number of carboxylic acid groups (broad SMARTS) is 1. The standard InChI is InChI=1S/C10H11NO5/c11-5(4-8(14)15)10(16)9-6(12)2-1-3-7(9)13/h1-3,5,12-13H,4,11H2,(H,14,15). The summed E-state index contributed by atoms with van der Waals surface area (Å²) in [5, 5.41) is 27.2. The van der Waals surface area contributed by atoms with Crippen molar-refractivity contribution < 1.29 is 24.9 Å². The van der Waals surface area contributed by atoms with Crippen LogP contribution in [0.2, 0.25) is 0 Å². The van der Waals surface area contributed by atoms with Crippen LogP contribution in [0.1, 0.15) is 16.8 Å². The van der Waals surface area contributed by atoms with Crippen LogP contribution in [0.15, 0.2) is 18.2 Å². The van der Waals surface area contributed by atoms with Crippen molar-refractivity contribution in [1.82, 2.24) is 0 Å². The molecule has 1 unspecified atom stereocenters. The first-order valence-electron chi connectivity index (χ1n) is 4.46. The van der Waals surface area contributed by atoms with Gasteiger partial charge in [0.15, 0.2) is 5.78 Å². The maximum atomic E-state index is 11.6. The zero-order valence-electron chi connectivity index (χ0n) is 8.25. The van der Waals surface area contributed by atoms with E-state index in [2.05, 4.69) is 0 Å². The highest BCUT2D eigenvalue weighted by Gasteiger charge is 2.24. The van der Waals surface area contributed by atoms with E-state index < -0.39 is 35.7 Å². The van der Waals surface area contributed by atoms with Gasteiger partial charge in [0, 0.05) is 0 Å². The second kappa shape index (κ2) is 4.63. The summed E-state index contributed by atoms with van der Waals surface area (Å²) in [6, 6.07) is 2.47. The molecule has 16 heavy (non-hydrogen) atoms. The molecule has 86 valence electrons. The quantitative estimate of drug-likeness (QED) is 0.538. The maximum absolute atomic E-state index is 11.6. The van der Waals surface area contributed by atoms with Crippen LogP contribution in [-0.2, 0) is 4.79 Å². The van der Waals surface area contributed by atoms with E-state index in [1.54, 1.807) is 0 Å². The minimum absolute atomic E-state index is 0.351. The lowest BCUT2D eigenvalue weighted by molar-refractivity contribution is -0.137. The fraction of sp³-hybridized carbons (Fsp3) is 0.200. The maximum Gasteiger partial charge on any atom is 0.305 e. The van der Waals surface area contributed by atoms with Gasteiger partial charge in [-0.05, 0) is 12.1 Å². The molecule has 0 fully saturated rings. The van der Waals surface area contributed by atoms with Crippen LogP contribution in [0, 0.1) is 0 Å². The number of nitrogens with two attached hydrogens (primary N) is 1. The third-order valence-electron chi connectivity index (χ3n) is 2.00. The van der Waals surface area contributed by atoms with Crippen molar-refractivity contribution in [2.75, 3.05) is 0 Å². The number of phenols is 2. The number of carboxylic acids is 1. The number of carbonyl (C=O) groups is 2. The number of benzene rings is 1. The first-order valence-corrected chi connectivity index (χ1v) is 4.46. The normalized spacial score (nSPS) is 12.1. The molecule has 0 bridgehead atoms. The average molecular weight is 225 g/mol.